The smallest absolute Gasteiger partial charge is 0.188 e. The predicted molar refractivity (Wildman–Crippen MR) is 97.6 cm³/mol. The van der Waals surface area contributed by atoms with Gasteiger partial charge in [-0.15, -0.1) is 0 Å². The van der Waals surface area contributed by atoms with Crippen LogP contribution in [0.1, 0.15) is 72.0 Å². The molecule has 0 heterocycles. The molecule has 2 nitrogen and oxygen atoms in total. The second kappa shape index (κ2) is 8.33. The number of aryl methyl sites for hydroxylation is 1. The normalized spacial score (nSPS) is 16.3. The average molecular weight is 394 g/mol. The number of unbranched alkanes of at least 4 members (excludes halogenated alkanes) is 3. The van der Waals surface area contributed by atoms with E-state index in [0.29, 0.717) is 6.42 Å². The highest BCUT2D eigenvalue weighted by molar-refractivity contribution is 6.03. The van der Waals surface area contributed by atoms with Crippen LogP contribution in [0.25, 0.3) is 0 Å². The molecule has 28 heavy (non-hydrogen) atoms. The van der Waals surface area contributed by atoms with E-state index in [4.69, 9.17) is 0 Å². The van der Waals surface area contributed by atoms with Crippen molar-refractivity contribution >= 4 is 5.78 Å². The molecule has 1 atom stereocenters. The van der Waals surface area contributed by atoms with Gasteiger partial charge < -0.3 is 5.11 Å². The van der Waals surface area contributed by atoms with E-state index in [1.54, 1.807) is 0 Å². The topological polar surface area (TPSA) is 37.3 Å². The molecule has 0 saturated carbocycles. The molecule has 0 bridgehead atoms. The maximum absolute atomic E-state index is 14.7. The number of Topliss-reactive ketones (excluding diaryl/α,β-unsaturated/α-hetero) is 1. The van der Waals surface area contributed by atoms with Crippen LogP contribution in [-0.4, -0.2) is 10.9 Å². The zero-order chi connectivity index (χ0) is 20.4. The van der Waals surface area contributed by atoms with Crippen LogP contribution in [0.15, 0.2) is 18.2 Å². The molecule has 1 aliphatic rings. The molecule has 0 fully saturated rings. The van der Waals surface area contributed by atoms with Gasteiger partial charge in [-0.25, -0.2) is 17.6 Å². The first-order chi connectivity index (χ1) is 13.4. The number of ketones is 1. The number of phenols is 1. The van der Waals surface area contributed by atoms with Gasteiger partial charge in [-0.05, 0) is 37.3 Å². The molecular formula is C22H22F4O2. The first kappa shape index (κ1) is 20.4. The van der Waals surface area contributed by atoms with E-state index < -0.39 is 40.7 Å². The monoisotopic (exact) mass is 394 g/mol. The molecule has 0 aromatic heterocycles. The zero-order valence-electron chi connectivity index (χ0n) is 15.6. The van der Waals surface area contributed by atoms with Gasteiger partial charge in [-0.2, -0.15) is 0 Å². The summed E-state index contributed by atoms with van der Waals surface area (Å²) in [5, 5.41) is 9.38. The Hall–Kier alpha value is -2.37. The summed E-state index contributed by atoms with van der Waals surface area (Å²) < 4.78 is 56.9. The number of hydrogen-bond acceptors (Lipinski definition) is 2. The van der Waals surface area contributed by atoms with Gasteiger partial charge in [0.25, 0.3) is 0 Å². The molecule has 150 valence electrons. The highest BCUT2D eigenvalue weighted by Gasteiger charge is 2.34. The predicted octanol–water partition coefficient (Wildman–Crippen LogP) is 5.98. The van der Waals surface area contributed by atoms with Gasteiger partial charge in [-0.1, -0.05) is 38.3 Å². The van der Waals surface area contributed by atoms with Crippen LogP contribution < -0.4 is 0 Å². The van der Waals surface area contributed by atoms with E-state index in [9.17, 15) is 27.5 Å². The van der Waals surface area contributed by atoms with Crippen LogP contribution in [0, 0.1) is 23.3 Å². The summed E-state index contributed by atoms with van der Waals surface area (Å²) in [6.45, 7) is 2.06. The van der Waals surface area contributed by atoms with Crippen molar-refractivity contribution in [2.24, 2.45) is 0 Å². The molecule has 0 radical (unpaired) electrons. The van der Waals surface area contributed by atoms with E-state index in [1.165, 1.54) is 12.1 Å². The van der Waals surface area contributed by atoms with Crippen LogP contribution in [0.4, 0.5) is 17.6 Å². The lowest BCUT2D eigenvalue weighted by molar-refractivity contribution is 0.0942. The third-order valence-electron chi connectivity index (χ3n) is 5.43. The molecule has 2 aromatic rings. The van der Waals surface area contributed by atoms with Crippen LogP contribution in [0.5, 0.6) is 5.75 Å². The minimum Gasteiger partial charge on any atom is -0.503 e. The van der Waals surface area contributed by atoms with Gasteiger partial charge in [0, 0.05) is 16.7 Å². The van der Waals surface area contributed by atoms with Gasteiger partial charge in [0.15, 0.2) is 34.8 Å². The van der Waals surface area contributed by atoms with Crippen LogP contribution in [0.3, 0.4) is 0 Å². The van der Waals surface area contributed by atoms with Gasteiger partial charge >= 0.3 is 0 Å². The summed E-state index contributed by atoms with van der Waals surface area (Å²) >= 11 is 0. The largest absolute Gasteiger partial charge is 0.503 e. The van der Waals surface area contributed by atoms with E-state index >= 15 is 0 Å². The van der Waals surface area contributed by atoms with E-state index in [2.05, 4.69) is 6.92 Å². The number of phenolic OH excluding ortho intramolecular Hbond substituents is 1. The lowest BCUT2D eigenvalue weighted by Crippen LogP contribution is -2.23. The highest BCUT2D eigenvalue weighted by atomic mass is 19.2. The quantitative estimate of drug-likeness (QED) is 0.483. The second-order valence-electron chi connectivity index (χ2n) is 7.26. The molecule has 0 saturated heterocycles. The molecule has 0 spiro atoms. The molecule has 3 rings (SSSR count). The summed E-state index contributed by atoms with van der Waals surface area (Å²) in [5.74, 6) is -7.28. The Labute approximate surface area is 161 Å². The molecule has 0 aliphatic heterocycles. The second-order valence-corrected chi connectivity index (χ2v) is 7.26. The average Bonchev–Trinajstić information content (AvgIpc) is 2.68. The number of benzene rings is 2. The molecule has 2 aromatic carbocycles. The molecular weight excluding hydrogens is 372 g/mol. The first-order valence-electron chi connectivity index (χ1n) is 9.57. The van der Waals surface area contributed by atoms with Crippen molar-refractivity contribution in [2.75, 3.05) is 0 Å². The summed E-state index contributed by atoms with van der Waals surface area (Å²) in [6, 6.07) is 3.65. The number of rotatable bonds is 6. The van der Waals surface area contributed by atoms with Crippen molar-refractivity contribution in [3.63, 3.8) is 0 Å². The van der Waals surface area contributed by atoms with Crippen LogP contribution in [0.2, 0.25) is 0 Å². The molecule has 1 unspecified atom stereocenters. The van der Waals surface area contributed by atoms with Crippen LogP contribution >= 0.6 is 0 Å². The van der Waals surface area contributed by atoms with Gasteiger partial charge in [0.1, 0.15) is 0 Å². The number of carbonyl (C=O) groups excluding carboxylic acids is 1. The minimum atomic E-state index is -1.25. The van der Waals surface area contributed by atoms with E-state index in [-0.39, 0.29) is 35.1 Å². The van der Waals surface area contributed by atoms with Crippen LogP contribution in [-0.2, 0) is 12.8 Å². The van der Waals surface area contributed by atoms with Gasteiger partial charge in [0.2, 0.25) is 0 Å². The SMILES string of the molecule is CCCCCCc1ccc(C2CCc3c(cc(F)c(O)c3F)C2=O)c(F)c1F. The fourth-order valence-electron chi connectivity index (χ4n) is 3.83. The number of carbonyl (C=O) groups is 1. The summed E-state index contributed by atoms with van der Waals surface area (Å²) in [4.78, 5) is 12.7. The van der Waals surface area contributed by atoms with Crippen molar-refractivity contribution in [3.05, 3.63) is 63.7 Å². The van der Waals surface area contributed by atoms with E-state index in [0.717, 1.165) is 31.7 Å². The maximum atomic E-state index is 14.7. The Kier molecular flexibility index (Phi) is 6.06. The molecule has 1 aliphatic carbocycles. The fourth-order valence-corrected chi connectivity index (χ4v) is 3.83. The van der Waals surface area contributed by atoms with Crippen molar-refractivity contribution in [1.82, 2.24) is 0 Å². The number of hydrogen-bond donors (Lipinski definition) is 1. The van der Waals surface area contributed by atoms with Crippen molar-refractivity contribution in [1.29, 1.82) is 0 Å². The van der Waals surface area contributed by atoms with E-state index in [1.807, 2.05) is 0 Å². The molecule has 6 heteroatoms. The molecule has 0 amide bonds. The zero-order valence-corrected chi connectivity index (χ0v) is 15.6. The summed E-state index contributed by atoms with van der Waals surface area (Å²) in [7, 11) is 0. The Balaban J connectivity index is 1.88. The number of fused-ring (bicyclic) bond motifs is 1. The lowest BCUT2D eigenvalue weighted by Gasteiger charge is -2.25. The minimum absolute atomic E-state index is 0.0191. The van der Waals surface area contributed by atoms with Crippen molar-refractivity contribution < 1.29 is 27.5 Å². The Morgan fingerprint density at radius 2 is 1.79 bits per heavy atom. The van der Waals surface area contributed by atoms with Crippen molar-refractivity contribution in [3.8, 4) is 5.75 Å². The molecule has 1 N–H and O–H groups in total. The number of halogens is 4. The number of aromatic hydroxyl groups is 1. The Morgan fingerprint density at radius 3 is 2.50 bits per heavy atom. The first-order valence-corrected chi connectivity index (χ1v) is 9.57. The third-order valence-corrected chi connectivity index (χ3v) is 5.43. The van der Waals surface area contributed by atoms with Gasteiger partial charge in [-0.3, -0.25) is 4.79 Å². The highest BCUT2D eigenvalue weighted by Crippen LogP contribution is 2.38. The Morgan fingerprint density at radius 1 is 1.04 bits per heavy atom. The van der Waals surface area contributed by atoms with Crippen molar-refractivity contribution in [2.45, 2.75) is 57.8 Å². The lowest BCUT2D eigenvalue weighted by atomic mass is 9.78. The van der Waals surface area contributed by atoms with Gasteiger partial charge in [0.05, 0.1) is 5.92 Å². The summed E-state index contributed by atoms with van der Waals surface area (Å²) in [5.41, 5.74) is -0.150. The maximum Gasteiger partial charge on any atom is 0.188 e. The Bertz CT molecular complexity index is 908. The third kappa shape index (κ3) is 3.64. The standard InChI is InChI=1S/C22H22F4O2/c1-2-3-4-5-6-12-7-8-13(19(25)18(12)24)15-10-9-14-16(21(15)27)11-17(23)22(28)20(14)26/h7-8,11,15,28H,2-6,9-10H2,1H3. The summed E-state index contributed by atoms with van der Waals surface area (Å²) in [6.07, 6.45) is 4.24. The fraction of sp³-hybridized carbons (Fsp3) is 0.409.